The summed E-state index contributed by atoms with van der Waals surface area (Å²) < 4.78 is 0. The monoisotopic (exact) mass is 367 g/mol. The lowest BCUT2D eigenvalue weighted by molar-refractivity contribution is -0.142. The van der Waals surface area contributed by atoms with Gasteiger partial charge < -0.3 is 21.9 Å². The number of unbranched alkanes of at least 4 members (excludes halogenated alkanes) is 1. The van der Waals surface area contributed by atoms with Gasteiger partial charge in [-0.2, -0.15) is 0 Å². The topological polar surface area (TPSA) is 118 Å². The van der Waals surface area contributed by atoms with E-state index in [4.69, 9.17) is 23.1 Å². The van der Waals surface area contributed by atoms with E-state index < -0.39 is 29.4 Å². The molecule has 7 heteroatoms. The quantitative estimate of drug-likeness (QED) is 0.540. The van der Waals surface area contributed by atoms with Crippen molar-refractivity contribution < 1.29 is 14.7 Å². The van der Waals surface area contributed by atoms with Crippen LogP contribution in [-0.4, -0.2) is 35.5 Å². The van der Waals surface area contributed by atoms with Crippen LogP contribution in [0.25, 0.3) is 0 Å². The summed E-state index contributed by atoms with van der Waals surface area (Å²) >= 11 is 6.30. The van der Waals surface area contributed by atoms with Crippen molar-refractivity contribution in [1.82, 2.24) is 5.32 Å². The lowest BCUT2D eigenvalue weighted by Crippen LogP contribution is -2.60. The van der Waals surface area contributed by atoms with Crippen LogP contribution in [0.15, 0.2) is 24.3 Å². The first-order valence-corrected chi connectivity index (χ1v) is 9.05. The van der Waals surface area contributed by atoms with E-state index in [1.54, 1.807) is 24.3 Å². The Balaban J connectivity index is 2.29. The van der Waals surface area contributed by atoms with Crippen molar-refractivity contribution in [2.75, 3.05) is 6.54 Å². The van der Waals surface area contributed by atoms with Gasteiger partial charge in [0.1, 0.15) is 11.6 Å². The van der Waals surface area contributed by atoms with E-state index in [1.807, 2.05) is 0 Å². The molecule has 0 unspecified atom stereocenters. The first-order valence-electron chi connectivity index (χ1n) is 8.67. The number of Topliss-reactive ketones (excluding diaryl/α,β-unsaturated/α-hetero) is 1. The normalized spacial score (nSPS) is 24.8. The number of carbonyl (C=O) groups is 2. The minimum Gasteiger partial charge on any atom is -0.385 e. The Kier molecular flexibility index (Phi) is 6.95. The highest BCUT2D eigenvalue weighted by Gasteiger charge is 2.48. The van der Waals surface area contributed by atoms with Gasteiger partial charge in [-0.3, -0.25) is 9.59 Å². The number of aliphatic hydroxyl groups excluding tert-OH is 1. The zero-order chi connectivity index (χ0) is 18.4. The van der Waals surface area contributed by atoms with Gasteiger partial charge in [-0.1, -0.05) is 36.2 Å². The highest BCUT2D eigenvalue weighted by molar-refractivity contribution is 6.31. The van der Waals surface area contributed by atoms with E-state index in [2.05, 4.69) is 5.32 Å². The minimum atomic E-state index is -1.33. The molecule has 0 bridgehead atoms. The van der Waals surface area contributed by atoms with Crippen LogP contribution in [-0.2, 0) is 15.1 Å². The number of rotatable bonds is 7. The molecule has 25 heavy (non-hydrogen) atoms. The number of ketones is 1. The van der Waals surface area contributed by atoms with Crippen LogP contribution < -0.4 is 16.8 Å². The largest absolute Gasteiger partial charge is 0.385 e. The number of benzene rings is 1. The fourth-order valence-electron chi connectivity index (χ4n) is 3.31. The van der Waals surface area contributed by atoms with Crippen molar-refractivity contribution in [3.63, 3.8) is 0 Å². The Morgan fingerprint density at radius 1 is 1.40 bits per heavy atom. The van der Waals surface area contributed by atoms with Crippen molar-refractivity contribution in [2.24, 2.45) is 11.5 Å². The van der Waals surface area contributed by atoms with Crippen molar-refractivity contribution in [2.45, 2.75) is 56.2 Å². The summed E-state index contributed by atoms with van der Waals surface area (Å²) in [7, 11) is 0. The van der Waals surface area contributed by atoms with Crippen molar-refractivity contribution >= 4 is 23.3 Å². The van der Waals surface area contributed by atoms with Crippen molar-refractivity contribution in [1.29, 1.82) is 0 Å². The van der Waals surface area contributed by atoms with Crippen LogP contribution in [0.3, 0.4) is 0 Å². The summed E-state index contributed by atoms with van der Waals surface area (Å²) in [5.41, 5.74) is 10.6. The van der Waals surface area contributed by atoms with Gasteiger partial charge in [0.05, 0.1) is 6.04 Å². The standard InChI is InChI=1S/C18H26ClN3O3/c19-13-7-2-1-6-12(13)18(10-5-9-15(23)16(18)24)22-17(25)14(21)8-3-4-11-20/h1-2,6-7,14-15,23H,3-5,8-11,20-21H2,(H,22,25)/t14-,15+,18-/m0/s1. The van der Waals surface area contributed by atoms with Crippen LogP contribution in [0.1, 0.15) is 44.1 Å². The molecule has 1 fully saturated rings. The average Bonchev–Trinajstić information content (AvgIpc) is 2.59. The van der Waals surface area contributed by atoms with Gasteiger partial charge in [-0.05, 0) is 44.7 Å². The molecule has 6 nitrogen and oxygen atoms in total. The lowest BCUT2D eigenvalue weighted by Gasteiger charge is -2.40. The molecule has 1 aliphatic rings. The number of hydrogen-bond donors (Lipinski definition) is 4. The third-order valence-corrected chi connectivity index (χ3v) is 5.06. The number of halogens is 1. The van der Waals surface area contributed by atoms with Gasteiger partial charge in [0.2, 0.25) is 5.91 Å². The number of carbonyl (C=O) groups excluding carboxylic acids is 2. The van der Waals surface area contributed by atoms with Crippen LogP contribution in [0.5, 0.6) is 0 Å². The van der Waals surface area contributed by atoms with Crippen LogP contribution >= 0.6 is 11.6 Å². The molecule has 1 saturated carbocycles. The van der Waals surface area contributed by atoms with Crippen molar-refractivity contribution in [3.8, 4) is 0 Å². The van der Waals surface area contributed by atoms with Gasteiger partial charge in [0.25, 0.3) is 0 Å². The summed E-state index contributed by atoms with van der Waals surface area (Å²) in [4.78, 5) is 25.4. The molecular formula is C18H26ClN3O3. The predicted molar refractivity (Wildman–Crippen MR) is 97.0 cm³/mol. The Hall–Kier alpha value is -1.47. The van der Waals surface area contributed by atoms with Crippen LogP contribution in [0.2, 0.25) is 5.02 Å². The smallest absolute Gasteiger partial charge is 0.237 e. The predicted octanol–water partition coefficient (Wildman–Crippen LogP) is 1.22. The van der Waals surface area contributed by atoms with E-state index in [1.165, 1.54) is 0 Å². The molecule has 1 aromatic rings. The first kappa shape index (κ1) is 19.8. The van der Waals surface area contributed by atoms with Crippen LogP contribution in [0, 0.1) is 0 Å². The molecule has 0 saturated heterocycles. The summed E-state index contributed by atoms with van der Waals surface area (Å²) in [5.74, 6) is -0.853. The van der Waals surface area contributed by atoms with Gasteiger partial charge in [-0.25, -0.2) is 0 Å². The molecular weight excluding hydrogens is 342 g/mol. The minimum absolute atomic E-state index is 0.377. The molecule has 6 N–H and O–H groups in total. The number of amides is 1. The molecule has 1 aliphatic carbocycles. The Morgan fingerprint density at radius 2 is 2.12 bits per heavy atom. The summed E-state index contributed by atoms with van der Waals surface area (Å²) in [6, 6.07) is 6.14. The molecule has 0 heterocycles. The average molecular weight is 368 g/mol. The number of aliphatic hydroxyl groups is 1. The van der Waals surface area contributed by atoms with Gasteiger partial charge >= 0.3 is 0 Å². The highest BCUT2D eigenvalue weighted by atomic mass is 35.5. The second-order valence-corrected chi connectivity index (χ2v) is 6.94. The Labute approximate surface area is 152 Å². The lowest BCUT2D eigenvalue weighted by atomic mass is 9.74. The fourth-order valence-corrected chi connectivity index (χ4v) is 3.61. The number of nitrogens with two attached hydrogens (primary N) is 2. The van der Waals surface area contributed by atoms with Gasteiger partial charge in [-0.15, -0.1) is 0 Å². The maximum atomic E-state index is 12.8. The maximum Gasteiger partial charge on any atom is 0.237 e. The van der Waals surface area contributed by atoms with Gasteiger partial charge in [0.15, 0.2) is 5.78 Å². The molecule has 138 valence electrons. The number of hydrogen-bond acceptors (Lipinski definition) is 5. The third-order valence-electron chi connectivity index (χ3n) is 4.73. The molecule has 0 aliphatic heterocycles. The summed E-state index contributed by atoms with van der Waals surface area (Å²) in [5, 5.41) is 13.3. The molecule has 3 atom stereocenters. The van der Waals surface area contributed by atoms with E-state index in [0.717, 1.165) is 12.8 Å². The number of nitrogens with one attached hydrogen (secondary N) is 1. The molecule has 0 aromatic heterocycles. The summed E-state index contributed by atoms with van der Waals surface area (Å²) in [6.07, 6.45) is 2.24. The first-order chi connectivity index (χ1) is 11.9. The second-order valence-electron chi connectivity index (χ2n) is 6.54. The SMILES string of the molecule is NCCCC[C@H](N)C(=O)N[C@]1(c2ccccc2Cl)CCC[C@@H](O)C1=O. The van der Waals surface area contributed by atoms with Crippen molar-refractivity contribution in [3.05, 3.63) is 34.9 Å². The highest BCUT2D eigenvalue weighted by Crippen LogP contribution is 2.38. The third kappa shape index (κ3) is 4.39. The molecule has 1 amide bonds. The maximum absolute atomic E-state index is 12.8. The fraction of sp³-hybridized carbons (Fsp3) is 0.556. The molecule has 1 aromatic carbocycles. The zero-order valence-corrected chi connectivity index (χ0v) is 15.0. The van der Waals surface area contributed by atoms with E-state index in [0.29, 0.717) is 42.8 Å². The van der Waals surface area contributed by atoms with E-state index in [9.17, 15) is 14.7 Å². The Bertz CT molecular complexity index is 625. The molecule has 2 rings (SSSR count). The van der Waals surface area contributed by atoms with E-state index in [-0.39, 0.29) is 0 Å². The van der Waals surface area contributed by atoms with Gasteiger partial charge in [0, 0.05) is 10.6 Å². The summed E-state index contributed by atoms with van der Waals surface area (Å²) in [6.45, 7) is 0.544. The molecule has 0 radical (unpaired) electrons. The van der Waals surface area contributed by atoms with E-state index >= 15 is 0 Å². The molecule has 0 spiro atoms. The Morgan fingerprint density at radius 3 is 2.80 bits per heavy atom. The van der Waals surface area contributed by atoms with Crippen LogP contribution in [0.4, 0.5) is 0 Å². The zero-order valence-electron chi connectivity index (χ0n) is 14.2. The second kappa shape index (κ2) is 8.76.